The highest BCUT2D eigenvalue weighted by molar-refractivity contribution is 6.06. The van der Waals surface area contributed by atoms with Crippen LogP contribution in [-0.2, 0) is 9.59 Å². The lowest BCUT2D eigenvalue weighted by Crippen LogP contribution is -2.27. The van der Waals surface area contributed by atoms with Gasteiger partial charge in [0.25, 0.3) is 0 Å². The first-order valence-electron chi connectivity index (χ1n) is 8.35. The van der Waals surface area contributed by atoms with Crippen LogP contribution in [0.5, 0.6) is 5.75 Å². The lowest BCUT2D eigenvalue weighted by Gasteiger charge is -2.24. The first kappa shape index (κ1) is 18.9. The van der Waals surface area contributed by atoms with Gasteiger partial charge in [0.05, 0.1) is 5.92 Å². The molecule has 140 valence electrons. The van der Waals surface area contributed by atoms with E-state index in [2.05, 4.69) is 4.74 Å². The Hall–Kier alpha value is -2.89. The van der Waals surface area contributed by atoms with E-state index in [4.69, 9.17) is 0 Å². The lowest BCUT2D eigenvalue weighted by atomic mass is 9.77. The van der Waals surface area contributed by atoms with Gasteiger partial charge in [-0.25, -0.2) is 0 Å². The summed E-state index contributed by atoms with van der Waals surface area (Å²) in [5.74, 6) is -2.12. The molecule has 1 atom stereocenters. The first-order valence-corrected chi connectivity index (χ1v) is 8.35. The molecule has 0 fully saturated rings. The highest BCUT2D eigenvalue weighted by Gasteiger charge is 2.38. The Kier molecular flexibility index (Phi) is 4.91. The molecular formula is C21H17F3O3. The molecule has 2 aromatic rings. The van der Waals surface area contributed by atoms with Crippen LogP contribution in [0.1, 0.15) is 36.5 Å². The molecule has 0 aliphatic heterocycles. The summed E-state index contributed by atoms with van der Waals surface area (Å²) in [5.41, 5.74) is 3.11. The van der Waals surface area contributed by atoms with E-state index in [1.54, 1.807) is 0 Å². The van der Waals surface area contributed by atoms with Crippen LogP contribution in [0.4, 0.5) is 13.2 Å². The summed E-state index contributed by atoms with van der Waals surface area (Å²) >= 11 is 0. The van der Waals surface area contributed by atoms with Crippen molar-refractivity contribution in [3.63, 3.8) is 0 Å². The second-order valence-corrected chi connectivity index (χ2v) is 6.48. The fourth-order valence-corrected chi connectivity index (χ4v) is 3.58. The van der Waals surface area contributed by atoms with E-state index in [9.17, 15) is 22.8 Å². The van der Waals surface area contributed by atoms with Crippen molar-refractivity contribution in [2.75, 3.05) is 0 Å². The fraction of sp³-hybridized carbons (Fsp3) is 0.238. The van der Waals surface area contributed by atoms with Crippen LogP contribution >= 0.6 is 0 Å². The Balaban J connectivity index is 2.03. The number of fused-ring (bicyclic) bond motifs is 1. The van der Waals surface area contributed by atoms with Gasteiger partial charge in [-0.15, -0.1) is 13.2 Å². The summed E-state index contributed by atoms with van der Waals surface area (Å²) in [6.07, 6.45) is -2.89. The number of hydrogen-bond acceptors (Lipinski definition) is 3. The number of ketones is 2. The summed E-state index contributed by atoms with van der Waals surface area (Å²) in [4.78, 5) is 24.4. The number of ether oxygens (including phenoxy) is 1. The minimum atomic E-state index is -4.76. The van der Waals surface area contributed by atoms with Gasteiger partial charge in [0, 0.05) is 5.92 Å². The quantitative estimate of drug-likeness (QED) is 0.691. The number of allylic oxidation sites excluding steroid dienone is 1. The molecule has 0 saturated carbocycles. The second kappa shape index (κ2) is 7.02. The molecule has 0 radical (unpaired) electrons. The van der Waals surface area contributed by atoms with Gasteiger partial charge in [0.2, 0.25) is 0 Å². The molecule has 0 N–H and O–H groups in total. The number of rotatable bonds is 5. The van der Waals surface area contributed by atoms with Crippen LogP contribution in [-0.4, -0.2) is 17.9 Å². The minimum Gasteiger partial charge on any atom is -0.406 e. The van der Waals surface area contributed by atoms with Gasteiger partial charge >= 0.3 is 6.36 Å². The molecule has 0 spiro atoms. The maximum absolute atomic E-state index is 12.4. The summed E-state index contributed by atoms with van der Waals surface area (Å²) in [6, 6.07) is 12.9. The van der Waals surface area contributed by atoms with E-state index in [-0.39, 0.29) is 17.3 Å². The molecule has 1 unspecified atom stereocenters. The van der Waals surface area contributed by atoms with Gasteiger partial charge in [-0.1, -0.05) is 42.5 Å². The van der Waals surface area contributed by atoms with Gasteiger partial charge < -0.3 is 4.74 Å². The molecule has 27 heavy (non-hydrogen) atoms. The van der Waals surface area contributed by atoms with Crippen LogP contribution in [0.3, 0.4) is 0 Å². The average Bonchev–Trinajstić information content (AvgIpc) is 2.93. The van der Waals surface area contributed by atoms with Gasteiger partial charge in [0.15, 0.2) is 0 Å². The highest BCUT2D eigenvalue weighted by atomic mass is 19.4. The zero-order valence-electron chi connectivity index (χ0n) is 14.7. The predicted octanol–water partition coefficient (Wildman–Crippen LogP) is 5.02. The Morgan fingerprint density at radius 1 is 0.963 bits per heavy atom. The van der Waals surface area contributed by atoms with Crippen LogP contribution in [0, 0.1) is 5.92 Å². The van der Waals surface area contributed by atoms with Crippen molar-refractivity contribution in [3.8, 4) is 5.75 Å². The van der Waals surface area contributed by atoms with E-state index < -0.39 is 18.2 Å². The smallest absolute Gasteiger partial charge is 0.406 e. The van der Waals surface area contributed by atoms with Crippen molar-refractivity contribution in [2.45, 2.75) is 26.1 Å². The van der Waals surface area contributed by atoms with Gasteiger partial charge in [-0.2, -0.15) is 0 Å². The van der Waals surface area contributed by atoms with Gasteiger partial charge in [0.1, 0.15) is 17.3 Å². The Labute approximate surface area is 154 Å². The highest BCUT2D eigenvalue weighted by Crippen LogP contribution is 2.47. The molecule has 2 aromatic carbocycles. The van der Waals surface area contributed by atoms with E-state index in [1.807, 2.05) is 30.3 Å². The summed E-state index contributed by atoms with van der Waals surface area (Å²) in [6.45, 7) is 2.76. The van der Waals surface area contributed by atoms with Crippen molar-refractivity contribution < 1.29 is 27.5 Å². The summed E-state index contributed by atoms with van der Waals surface area (Å²) < 4.78 is 41.0. The second-order valence-electron chi connectivity index (χ2n) is 6.48. The third-order valence-corrected chi connectivity index (χ3v) is 4.61. The number of alkyl halides is 3. The summed E-state index contributed by atoms with van der Waals surface area (Å²) in [5, 5.41) is 0. The van der Waals surface area contributed by atoms with Crippen LogP contribution < -0.4 is 4.74 Å². The topological polar surface area (TPSA) is 43.4 Å². The molecule has 6 heteroatoms. The number of Topliss-reactive ketones (excluding diaryl/α,β-unsaturated/α-hetero) is 2. The van der Waals surface area contributed by atoms with Crippen molar-refractivity contribution in [1.82, 2.24) is 0 Å². The molecule has 0 saturated heterocycles. The number of carbonyl (C=O) groups is 2. The van der Waals surface area contributed by atoms with Crippen LogP contribution in [0.2, 0.25) is 0 Å². The van der Waals surface area contributed by atoms with Crippen molar-refractivity contribution in [1.29, 1.82) is 0 Å². The van der Waals surface area contributed by atoms with Gasteiger partial charge in [-0.3, -0.25) is 9.59 Å². The zero-order chi connectivity index (χ0) is 19.8. The molecule has 0 bridgehead atoms. The minimum absolute atomic E-state index is 0.243. The maximum atomic E-state index is 12.4. The third kappa shape index (κ3) is 3.94. The molecule has 0 heterocycles. The monoisotopic (exact) mass is 374 g/mol. The van der Waals surface area contributed by atoms with E-state index in [1.165, 1.54) is 38.1 Å². The van der Waals surface area contributed by atoms with Crippen molar-refractivity contribution in [3.05, 3.63) is 65.2 Å². The Morgan fingerprint density at radius 3 is 2.11 bits per heavy atom. The average molecular weight is 374 g/mol. The standard InChI is InChI=1S/C21H17F3O3/c1-12(25)19(13(2)26)20-17-6-4-3-5-15(17)11-18(20)14-7-9-16(10-8-14)27-21(22,23)24/h3-11,19-20H,1-2H3. The Bertz CT molecular complexity index is 897. The number of hydrogen-bond donors (Lipinski definition) is 0. The first-order chi connectivity index (χ1) is 12.7. The van der Waals surface area contributed by atoms with Crippen LogP contribution in [0.25, 0.3) is 11.6 Å². The van der Waals surface area contributed by atoms with E-state index in [0.717, 1.165) is 16.7 Å². The number of halogens is 3. The number of benzene rings is 2. The maximum Gasteiger partial charge on any atom is 0.573 e. The molecule has 1 aliphatic rings. The molecule has 3 rings (SSSR count). The SMILES string of the molecule is CC(=O)C(C(C)=O)C1C(c2ccc(OC(F)(F)F)cc2)=Cc2ccccc21. The molecule has 3 nitrogen and oxygen atoms in total. The zero-order valence-corrected chi connectivity index (χ0v) is 14.7. The molecule has 0 amide bonds. The molecular weight excluding hydrogens is 357 g/mol. The van der Waals surface area contributed by atoms with Gasteiger partial charge in [-0.05, 0) is 48.2 Å². The predicted molar refractivity (Wildman–Crippen MR) is 95.0 cm³/mol. The van der Waals surface area contributed by atoms with E-state index in [0.29, 0.717) is 5.56 Å². The molecule has 1 aliphatic carbocycles. The number of carbonyl (C=O) groups excluding carboxylic acids is 2. The normalized spacial score (nSPS) is 16.1. The third-order valence-electron chi connectivity index (χ3n) is 4.61. The fourth-order valence-electron chi connectivity index (χ4n) is 3.58. The van der Waals surface area contributed by atoms with E-state index >= 15 is 0 Å². The summed E-state index contributed by atoms with van der Waals surface area (Å²) in [7, 11) is 0. The van der Waals surface area contributed by atoms with Crippen molar-refractivity contribution >= 4 is 23.2 Å². The van der Waals surface area contributed by atoms with Crippen LogP contribution in [0.15, 0.2) is 48.5 Å². The molecule has 0 aromatic heterocycles. The lowest BCUT2D eigenvalue weighted by molar-refractivity contribution is -0.274. The van der Waals surface area contributed by atoms with Crippen molar-refractivity contribution in [2.24, 2.45) is 5.92 Å². The largest absolute Gasteiger partial charge is 0.573 e. The Morgan fingerprint density at radius 2 is 1.56 bits per heavy atom.